The number of sulfonamides is 1. The number of carbonyl (C=O) groups excluding carboxylic acids is 1. The quantitative estimate of drug-likeness (QED) is 0.740. The molecular formula is C20H24N2O5S. The van der Waals surface area contributed by atoms with Crippen LogP contribution in [0.5, 0.6) is 5.75 Å². The number of nitrogens with one attached hydrogen (secondary N) is 2. The van der Waals surface area contributed by atoms with Crippen molar-refractivity contribution >= 4 is 21.6 Å². The summed E-state index contributed by atoms with van der Waals surface area (Å²) in [5.41, 5.74) is 1.80. The highest BCUT2D eigenvalue weighted by Gasteiger charge is 2.22. The fourth-order valence-electron chi connectivity index (χ4n) is 2.94. The largest absolute Gasteiger partial charge is 0.495 e. The molecule has 1 atom stereocenters. The van der Waals surface area contributed by atoms with Gasteiger partial charge in [0.05, 0.1) is 23.8 Å². The van der Waals surface area contributed by atoms with Gasteiger partial charge in [-0.2, -0.15) is 0 Å². The summed E-state index contributed by atoms with van der Waals surface area (Å²) in [5, 5.41) is 2.73. The lowest BCUT2D eigenvalue weighted by Crippen LogP contribution is -2.31. The summed E-state index contributed by atoms with van der Waals surface area (Å²) in [7, 11) is -2.28. The Hall–Kier alpha value is -2.42. The zero-order chi connectivity index (χ0) is 20.1. The van der Waals surface area contributed by atoms with Gasteiger partial charge in [0.2, 0.25) is 10.0 Å². The van der Waals surface area contributed by atoms with E-state index in [9.17, 15) is 13.2 Å². The molecule has 1 fully saturated rings. The van der Waals surface area contributed by atoms with Gasteiger partial charge in [-0.3, -0.25) is 4.79 Å². The second kappa shape index (κ2) is 8.72. The molecule has 150 valence electrons. The first-order valence-corrected chi connectivity index (χ1v) is 10.5. The van der Waals surface area contributed by atoms with Gasteiger partial charge in [0.15, 0.2) is 0 Å². The van der Waals surface area contributed by atoms with Gasteiger partial charge in [-0.05, 0) is 50.1 Å². The number of hydrogen-bond donors (Lipinski definition) is 2. The number of anilines is 1. The Balaban J connectivity index is 1.78. The topological polar surface area (TPSA) is 93.7 Å². The van der Waals surface area contributed by atoms with E-state index in [2.05, 4.69) is 10.0 Å². The van der Waals surface area contributed by atoms with Crippen molar-refractivity contribution in [3.8, 4) is 5.75 Å². The molecular weight excluding hydrogens is 380 g/mol. The van der Waals surface area contributed by atoms with Crippen molar-refractivity contribution < 1.29 is 22.7 Å². The van der Waals surface area contributed by atoms with E-state index in [0.29, 0.717) is 17.9 Å². The zero-order valence-corrected chi connectivity index (χ0v) is 16.7. The molecule has 3 rings (SSSR count). The molecule has 1 saturated heterocycles. The van der Waals surface area contributed by atoms with Gasteiger partial charge in [-0.1, -0.05) is 17.7 Å². The molecule has 0 aromatic heterocycles. The standard InChI is InChI=1S/C20H24N2O5S/c1-14-5-7-15(8-6-14)20(23)22-18-12-17(9-10-19(18)26-2)28(24,25)21-13-16-4-3-11-27-16/h5-10,12,16,21H,3-4,11,13H2,1-2H3,(H,22,23)/t16-/m0/s1. The molecule has 7 nitrogen and oxygen atoms in total. The van der Waals surface area contributed by atoms with Gasteiger partial charge in [0.25, 0.3) is 5.91 Å². The average Bonchev–Trinajstić information content (AvgIpc) is 3.20. The van der Waals surface area contributed by atoms with E-state index < -0.39 is 10.0 Å². The maximum absolute atomic E-state index is 12.6. The van der Waals surface area contributed by atoms with Crippen LogP contribution in [0.3, 0.4) is 0 Å². The lowest BCUT2D eigenvalue weighted by molar-refractivity contribution is 0.102. The van der Waals surface area contributed by atoms with Gasteiger partial charge in [-0.25, -0.2) is 13.1 Å². The molecule has 1 aliphatic heterocycles. The Morgan fingerprint density at radius 2 is 1.96 bits per heavy atom. The molecule has 0 spiro atoms. The number of hydrogen-bond acceptors (Lipinski definition) is 5. The minimum atomic E-state index is -3.74. The average molecular weight is 404 g/mol. The lowest BCUT2D eigenvalue weighted by atomic mass is 10.1. The molecule has 2 N–H and O–H groups in total. The van der Waals surface area contributed by atoms with Crippen molar-refractivity contribution in [2.24, 2.45) is 0 Å². The third-order valence-electron chi connectivity index (χ3n) is 4.57. The first-order chi connectivity index (χ1) is 13.4. The maximum atomic E-state index is 12.6. The van der Waals surface area contributed by atoms with Crippen LogP contribution in [0, 0.1) is 6.92 Å². The van der Waals surface area contributed by atoms with Crippen molar-refractivity contribution in [3.05, 3.63) is 53.6 Å². The van der Waals surface area contributed by atoms with E-state index in [1.54, 1.807) is 12.1 Å². The molecule has 8 heteroatoms. The minimum Gasteiger partial charge on any atom is -0.495 e. The first kappa shape index (κ1) is 20.3. The summed E-state index contributed by atoms with van der Waals surface area (Å²) in [5.74, 6) is 0.0266. The van der Waals surface area contributed by atoms with Crippen molar-refractivity contribution in [2.45, 2.75) is 30.8 Å². The number of rotatable bonds is 7. The van der Waals surface area contributed by atoms with Gasteiger partial charge >= 0.3 is 0 Å². The summed E-state index contributed by atoms with van der Waals surface area (Å²) >= 11 is 0. The van der Waals surface area contributed by atoms with Gasteiger partial charge in [0.1, 0.15) is 5.75 Å². The molecule has 0 bridgehead atoms. The number of aryl methyl sites for hydroxylation is 1. The van der Waals surface area contributed by atoms with Crippen LogP contribution in [0.25, 0.3) is 0 Å². The van der Waals surface area contributed by atoms with E-state index in [1.165, 1.54) is 25.3 Å². The molecule has 0 unspecified atom stereocenters. The highest BCUT2D eigenvalue weighted by Crippen LogP contribution is 2.28. The third kappa shape index (κ3) is 4.89. The van der Waals surface area contributed by atoms with Gasteiger partial charge in [-0.15, -0.1) is 0 Å². The van der Waals surface area contributed by atoms with Gasteiger partial charge in [0, 0.05) is 18.7 Å². The zero-order valence-electron chi connectivity index (χ0n) is 15.9. The van der Waals surface area contributed by atoms with Crippen LogP contribution >= 0.6 is 0 Å². The van der Waals surface area contributed by atoms with E-state index in [0.717, 1.165) is 18.4 Å². The smallest absolute Gasteiger partial charge is 0.255 e. The number of ether oxygens (including phenoxy) is 2. The lowest BCUT2D eigenvalue weighted by Gasteiger charge is -2.14. The third-order valence-corrected chi connectivity index (χ3v) is 5.99. The van der Waals surface area contributed by atoms with Crippen LogP contribution < -0.4 is 14.8 Å². The normalized spacial score (nSPS) is 16.7. The fraction of sp³-hybridized carbons (Fsp3) is 0.350. The molecule has 2 aromatic rings. The highest BCUT2D eigenvalue weighted by atomic mass is 32.2. The number of benzene rings is 2. The molecule has 1 aliphatic rings. The number of amides is 1. The molecule has 1 amide bonds. The Labute approximate surface area is 165 Å². The Bertz CT molecular complexity index is 936. The van der Waals surface area contributed by atoms with Crippen LogP contribution in [-0.4, -0.2) is 40.7 Å². The summed E-state index contributed by atoms with van der Waals surface area (Å²) in [6, 6.07) is 11.4. The Kier molecular flexibility index (Phi) is 6.33. The second-order valence-corrected chi connectivity index (χ2v) is 8.44. The molecule has 0 aliphatic carbocycles. The predicted octanol–water partition coefficient (Wildman–Crippen LogP) is 2.71. The van der Waals surface area contributed by atoms with Crippen molar-refractivity contribution in [2.75, 3.05) is 25.6 Å². The van der Waals surface area contributed by atoms with E-state index in [-0.39, 0.29) is 29.1 Å². The van der Waals surface area contributed by atoms with Crippen LogP contribution in [0.4, 0.5) is 5.69 Å². The molecule has 0 saturated carbocycles. The van der Waals surface area contributed by atoms with Crippen LogP contribution in [0.2, 0.25) is 0 Å². The first-order valence-electron chi connectivity index (χ1n) is 9.06. The monoisotopic (exact) mass is 404 g/mol. The van der Waals surface area contributed by atoms with Crippen LogP contribution in [0.15, 0.2) is 47.4 Å². The fourth-order valence-corrected chi connectivity index (χ4v) is 4.03. The molecule has 2 aromatic carbocycles. The highest BCUT2D eigenvalue weighted by molar-refractivity contribution is 7.89. The summed E-state index contributed by atoms with van der Waals surface area (Å²) in [6.45, 7) is 2.81. The molecule has 1 heterocycles. The Morgan fingerprint density at radius 1 is 1.21 bits per heavy atom. The molecule has 28 heavy (non-hydrogen) atoms. The minimum absolute atomic E-state index is 0.0468. The summed E-state index contributed by atoms with van der Waals surface area (Å²) < 4.78 is 38.5. The summed E-state index contributed by atoms with van der Waals surface area (Å²) in [6.07, 6.45) is 1.67. The summed E-state index contributed by atoms with van der Waals surface area (Å²) in [4.78, 5) is 12.6. The molecule has 0 radical (unpaired) electrons. The Morgan fingerprint density at radius 3 is 2.61 bits per heavy atom. The SMILES string of the molecule is COc1ccc(S(=O)(=O)NC[C@@H]2CCCO2)cc1NC(=O)c1ccc(C)cc1. The van der Waals surface area contributed by atoms with Crippen LogP contribution in [-0.2, 0) is 14.8 Å². The van der Waals surface area contributed by atoms with E-state index >= 15 is 0 Å². The van der Waals surface area contributed by atoms with Crippen LogP contribution in [0.1, 0.15) is 28.8 Å². The van der Waals surface area contributed by atoms with E-state index in [4.69, 9.17) is 9.47 Å². The van der Waals surface area contributed by atoms with E-state index in [1.807, 2.05) is 19.1 Å². The number of carbonyl (C=O) groups is 1. The predicted molar refractivity (Wildman–Crippen MR) is 106 cm³/mol. The van der Waals surface area contributed by atoms with Crippen molar-refractivity contribution in [1.82, 2.24) is 4.72 Å². The van der Waals surface area contributed by atoms with Gasteiger partial charge < -0.3 is 14.8 Å². The second-order valence-electron chi connectivity index (χ2n) is 6.67. The van der Waals surface area contributed by atoms with Crippen molar-refractivity contribution in [1.29, 1.82) is 0 Å². The number of methoxy groups -OCH3 is 1. The maximum Gasteiger partial charge on any atom is 0.255 e. The van der Waals surface area contributed by atoms with Crippen molar-refractivity contribution in [3.63, 3.8) is 0 Å².